The van der Waals surface area contributed by atoms with Crippen molar-refractivity contribution in [1.29, 1.82) is 0 Å². The quantitative estimate of drug-likeness (QED) is 0.0571. The largest absolute Gasteiger partial charge is 0.327 e. The van der Waals surface area contributed by atoms with Gasteiger partial charge in [-0.3, -0.25) is 0 Å². The van der Waals surface area contributed by atoms with Crippen molar-refractivity contribution in [3.05, 3.63) is 186 Å². The summed E-state index contributed by atoms with van der Waals surface area (Å²) in [6.45, 7) is -0.305. The summed E-state index contributed by atoms with van der Waals surface area (Å²) in [4.78, 5) is -0.168. The van der Waals surface area contributed by atoms with Gasteiger partial charge in [0.25, 0.3) is 0 Å². The fourth-order valence-electron chi connectivity index (χ4n) is 7.65. The van der Waals surface area contributed by atoms with Crippen molar-refractivity contribution in [3.8, 4) is 0 Å². The summed E-state index contributed by atoms with van der Waals surface area (Å²) in [5, 5.41) is 0. The van der Waals surface area contributed by atoms with Gasteiger partial charge < -0.3 is 4.90 Å². The van der Waals surface area contributed by atoms with Crippen molar-refractivity contribution >= 4 is 28.0 Å². The van der Waals surface area contributed by atoms with E-state index in [0.717, 1.165) is 0 Å². The van der Waals surface area contributed by atoms with Crippen molar-refractivity contribution in [2.75, 3.05) is 6.54 Å². The van der Waals surface area contributed by atoms with Crippen LogP contribution in [0.5, 0.6) is 0 Å². The molecule has 0 spiro atoms. The first-order valence-electron chi connectivity index (χ1n) is 19.3. The fourth-order valence-corrected chi connectivity index (χ4v) is 7.65. The lowest BCUT2D eigenvalue weighted by molar-refractivity contribution is -0.928. The number of rotatable bonds is 11. The third kappa shape index (κ3) is 8.97. The number of benzene rings is 6. The van der Waals surface area contributed by atoms with E-state index in [1.54, 1.807) is 6.92 Å². The molecule has 1 nitrogen and oxygen atoms in total. The lowest BCUT2D eigenvalue weighted by Crippen LogP contribution is -3.09. The molecule has 6 rings (SSSR count). The molecule has 0 aliphatic carbocycles. The fraction of sp³-hybridized carbons (Fsp3) is 0.143. The number of unbranched alkanes of at least 4 members (excludes halogenated alkanes) is 1. The van der Waals surface area contributed by atoms with E-state index in [4.69, 9.17) is 0 Å². The number of hydrogen-bond donors (Lipinski definition) is 1. The van der Waals surface area contributed by atoms with Crippen LogP contribution in [0.4, 0.5) is 132 Å². The van der Waals surface area contributed by atoms with Gasteiger partial charge in [-0.25, -0.2) is 132 Å². The van der Waals surface area contributed by atoms with E-state index < -0.39 is 227 Å². The van der Waals surface area contributed by atoms with Gasteiger partial charge in [0.15, 0.2) is 116 Å². The predicted octanol–water partition coefficient (Wildman–Crippen LogP) is 10.3. The Hall–Kier alpha value is -6.76. The summed E-state index contributed by atoms with van der Waals surface area (Å²) in [6, 6.07) is 0. The zero-order chi connectivity index (χ0) is 56.4. The Kier molecular flexibility index (Phi) is 16.7. The molecule has 0 radical (unpaired) electrons. The Labute approximate surface area is 389 Å². The highest BCUT2D eigenvalue weighted by Crippen LogP contribution is 2.32. The second kappa shape index (κ2) is 21.2. The molecular weight excluding hydrogens is 1100 g/mol. The molecule has 74 heavy (non-hydrogen) atoms. The number of nitrogens with one attached hydrogen (secondary N) is 1. The molecule has 0 saturated carbocycles. The minimum absolute atomic E-state index is 0.102. The molecule has 0 atom stereocenters. The van der Waals surface area contributed by atoms with Gasteiger partial charge in [0, 0.05) is 0 Å². The van der Waals surface area contributed by atoms with Crippen LogP contribution in [-0.2, 0) is 13.1 Å². The maximum absolute atomic E-state index is 15.4. The molecule has 0 bridgehead atoms. The summed E-state index contributed by atoms with van der Waals surface area (Å²) in [6.07, 6.45) is -6.47. The second-order valence-corrected chi connectivity index (χ2v) is 15.1. The topological polar surface area (TPSA) is 4.44 Å². The highest BCUT2D eigenvalue weighted by atomic mass is 19.2. The van der Waals surface area contributed by atoms with Gasteiger partial charge in [-0.1, -0.05) is 13.3 Å². The van der Waals surface area contributed by atoms with Gasteiger partial charge in [-0.2, -0.15) is 0 Å². The summed E-state index contributed by atoms with van der Waals surface area (Å²) < 4.78 is 429. The normalized spacial score (nSPS) is 11.8. The average molecular weight is 1110 g/mol. The van der Waals surface area contributed by atoms with E-state index in [1.807, 2.05) is 0 Å². The molecule has 6 aromatic rings. The molecule has 0 unspecified atom stereocenters. The van der Waals surface area contributed by atoms with E-state index in [9.17, 15) is 96.6 Å². The molecule has 1 N–H and O–H groups in total. The van der Waals surface area contributed by atoms with Crippen molar-refractivity contribution < 1.29 is 137 Å². The van der Waals surface area contributed by atoms with E-state index >= 15 is 35.1 Å². The van der Waals surface area contributed by atoms with E-state index in [2.05, 4.69) is 0 Å². The van der Waals surface area contributed by atoms with Crippen LogP contribution in [-0.4, -0.2) is 12.7 Å². The van der Waals surface area contributed by atoms with E-state index in [1.165, 1.54) is 0 Å². The van der Waals surface area contributed by atoms with Crippen LogP contribution < -0.4 is 26.8 Å². The molecule has 0 aliphatic rings. The zero-order valence-electron chi connectivity index (χ0n) is 35.0. The molecule has 0 heterocycles. The Balaban J connectivity index is 0.000000302. The Morgan fingerprint density at radius 2 is 0.378 bits per heavy atom. The lowest BCUT2D eigenvalue weighted by atomic mass is 9.12. The van der Waals surface area contributed by atoms with Gasteiger partial charge in [-0.15, -0.1) is 21.9 Å². The summed E-state index contributed by atoms with van der Waals surface area (Å²) in [5.74, 6) is -93.5. The molecule has 0 saturated heterocycles. The average Bonchev–Trinajstić information content (AvgIpc) is 3.37. The summed E-state index contributed by atoms with van der Waals surface area (Å²) >= 11 is 0. The van der Waals surface area contributed by atoms with E-state index in [-0.39, 0.29) is 17.9 Å². The van der Waals surface area contributed by atoms with Gasteiger partial charge >= 0.3 is 0 Å². The van der Waals surface area contributed by atoms with Crippen LogP contribution in [0.25, 0.3) is 0 Å². The maximum Gasteiger partial charge on any atom is 0.200 e. The maximum atomic E-state index is 15.4. The van der Waals surface area contributed by atoms with Crippen molar-refractivity contribution in [3.63, 3.8) is 0 Å². The number of hydrogen-bond acceptors (Lipinski definition) is 0. The van der Waals surface area contributed by atoms with Crippen molar-refractivity contribution in [2.24, 2.45) is 0 Å². The van der Waals surface area contributed by atoms with Crippen LogP contribution in [0.15, 0.2) is 0 Å². The van der Waals surface area contributed by atoms with Crippen LogP contribution in [0.1, 0.15) is 30.9 Å². The first kappa shape index (κ1) is 58.1. The highest BCUT2D eigenvalue weighted by molar-refractivity contribution is 7.20. The molecule has 32 heteroatoms. The first-order valence-corrected chi connectivity index (χ1v) is 19.3. The number of halogens is 30. The van der Waals surface area contributed by atoms with E-state index in [0.29, 0.717) is 6.42 Å². The van der Waals surface area contributed by atoms with Gasteiger partial charge in [0.2, 0.25) is 11.6 Å². The lowest BCUT2D eigenvalue weighted by Gasteiger charge is -2.44. The highest BCUT2D eigenvalue weighted by Gasteiger charge is 2.52. The van der Waals surface area contributed by atoms with Crippen LogP contribution in [0, 0.1) is 175 Å². The van der Waals surface area contributed by atoms with Gasteiger partial charge in [-0.05, 0) is 6.42 Å². The Morgan fingerprint density at radius 3 is 0.541 bits per heavy atom. The first-order chi connectivity index (χ1) is 34.2. The number of quaternary nitrogens is 1. The van der Waals surface area contributed by atoms with Gasteiger partial charge in [0.05, 0.1) is 17.7 Å². The SMILES string of the molecule is CCCC[NH+](Cc1c(F)c(F)c(F)c(F)c1F)Cc1c(F)c(F)c(F)c(F)c1F.Fc1c(F)c(F)c([B-](c2c(F)c(F)c(F)c(F)c2F)(c2c(F)c(F)c(F)c(F)c2F)c2c(F)c(F)c(F)c(F)c2F)c(F)c1F. The molecule has 400 valence electrons. The molecule has 0 aliphatic heterocycles. The second-order valence-electron chi connectivity index (χ2n) is 15.1. The molecule has 0 aromatic heterocycles. The minimum atomic E-state index is -7.22. The molecular formula is C42H14BF30N. The smallest absolute Gasteiger partial charge is 0.200 e. The molecule has 0 amide bonds. The van der Waals surface area contributed by atoms with Crippen LogP contribution in [0.3, 0.4) is 0 Å². The standard InChI is InChI=1S/C24BF20.C18H13F10N/c26-5-1(6(27)14(35)21(42)13(5)34)25(2-7(28)15(36)22(43)16(37)8(2)29,3-9(30)17(38)23(44)18(39)10(3)31)4-11(32)19(40)24(45)20(41)12(4)33;1-2-3-4-29(5-7-9(19)13(23)17(27)14(24)10(7)20)6-8-11(21)15(25)18(28)16(26)12(8)22/h;2-6H2,1H3/q-1;/p+1. The minimum Gasteiger partial charge on any atom is -0.327 e. The van der Waals surface area contributed by atoms with Crippen molar-refractivity contribution in [2.45, 2.75) is 32.9 Å². The molecule has 0 fully saturated rings. The predicted molar refractivity (Wildman–Crippen MR) is 190 cm³/mol. The Morgan fingerprint density at radius 1 is 0.230 bits per heavy atom. The summed E-state index contributed by atoms with van der Waals surface area (Å²) in [7, 11) is 0. The van der Waals surface area contributed by atoms with Crippen LogP contribution in [0.2, 0.25) is 0 Å². The zero-order valence-corrected chi connectivity index (χ0v) is 35.0. The summed E-state index contributed by atoms with van der Waals surface area (Å²) in [5.41, 5.74) is -16.8. The third-order valence-electron chi connectivity index (χ3n) is 11.0. The van der Waals surface area contributed by atoms with Crippen LogP contribution >= 0.6 is 0 Å². The molecule has 6 aromatic carbocycles. The third-order valence-corrected chi connectivity index (χ3v) is 11.0. The Bertz CT molecular complexity index is 2770. The van der Waals surface area contributed by atoms with Gasteiger partial charge in [0.1, 0.15) is 65.8 Å². The monoisotopic (exact) mass is 1110 g/mol. The van der Waals surface area contributed by atoms with Crippen molar-refractivity contribution in [1.82, 2.24) is 0 Å².